The Morgan fingerprint density at radius 2 is 1.50 bits per heavy atom. The first kappa shape index (κ1) is 16.2. The van der Waals surface area contributed by atoms with Gasteiger partial charge in [0.1, 0.15) is 0 Å². The predicted molar refractivity (Wildman–Crippen MR) is 93.6 cm³/mol. The van der Waals surface area contributed by atoms with Crippen molar-refractivity contribution in [3.63, 3.8) is 0 Å². The summed E-state index contributed by atoms with van der Waals surface area (Å²) in [5, 5.41) is 0. The first-order valence-electron chi connectivity index (χ1n) is 9.35. The number of rotatable bonds is 2. The summed E-state index contributed by atoms with van der Waals surface area (Å²) in [4.78, 5) is 2.75. The molecule has 4 N–H and O–H groups in total. The van der Waals surface area contributed by atoms with Gasteiger partial charge < -0.3 is 16.4 Å². The lowest BCUT2D eigenvalue weighted by atomic mass is 9.72. The molecule has 2 unspecified atom stereocenters. The summed E-state index contributed by atoms with van der Waals surface area (Å²) in [7, 11) is 0. The molecule has 0 aromatic carbocycles. The van der Waals surface area contributed by atoms with Crippen LogP contribution in [-0.4, -0.2) is 35.6 Å². The summed E-state index contributed by atoms with van der Waals surface area (Å²) in [5.41, 5.74) is 12.6. The minimum Gasteiger partial charge on any atom is -0.323 e. The maximum absolute atomic E-state index is 6.67. The zero-order valence-corrected chi connectivity index (χ0v) is 13.9. The monoisotopic (exact) mass is 303 g/mol. The Kier molecular flexibility index (Phi) is 5.37. The topological polar surface area (TPSA) is 55.3 Å². The molecule has 0 radical (unpaired) electrons. The lowest BCUT2D eigenvalue weighted by Crippen LogP contribution is -2.61. The zero-order chi connectivity index (χ0) is 15.4. The van der Waals surface area contributed by atoms with Gasteiger partial charge in [-0.15, -0.1) is 0 Å². The van der Waals surface area contributed by atoms with Crippen molar-refractivity contribution in [2.24, 2.45) is 17.4 Å². The molecule has 2 atom stereocenters. The molecule has 3 heteroatoms. The van der Waals surface area contributed by atoms with Crippen molar-refractivity contribution < 1.29 is 0 Å². The van der Waals surface area contributed by atoms with Crippen molar-refractivity contribution in [2.75, 3.05) is 13.1 Å². The third-order valence-electron chi connectivity index (χ3n) is 6.22. The quantitative estimate of drug-likeness (QED) is 0.824. The molecule has 2 fully saturated rings. The summed E-state index contributed by atoms with van der Waals surface area (Å²) in [6.07, 6.45) is 20.7. The Morgan fingerprint density at radius 1 is 0.864 bits per heavy atom. The van der Waals surface area contributed by atoms with Crippen LogP contribution in [0.15, 0.2) is 24.3 Å². The van der Waals surface area contributed by atoms with Crippen molar-refractivity contribution in [1.29, 1.82) is 0 Å². The van der Waals surface area contributed by atoms with Gasteiger partial charge in [-0.05, 0) is 44.7 Å². The smallest absolute Gasteiger partial charge is 0.0561 e. The fraction of sp³-hybridized carbons (Fsp3) is 0.789. The Balaban J connectivity index is 1.55. The van der Waals surface area contributed by atoms with Gasteiger partial charge in [-0.25, -0.2) is 0 Å². The van der Waals surface area contributed by atoms with Crippen LogP contribution in [0.1, 0.15) is 57.8 Å². The van der Waals surface area contributed by atoms with Crippen LogP contribution < -0.4 is 11.5 Å². The van der Waals surface area contributed by atoms with Gasteiger partial charge in [-0.1, -0.05) is 56.4 Å². The standard InChI is InChI=1S/C19H33N3/c20-18-10-6-7-13-19(18,21)16-11-14-22(15-12-16)17-8-4-2-1-3-5-9-17/h6-7,10,13,16-18H,1-5,8-9,11-12,14-15,20-21H2. The van der Waals surface area contributed by atoms with E-state index in [0.717, 1.165) is 6.04 Å². The fourth-order valence-corrected chi connectivity index (χ4v) is 4.66. The van der Waals surface area contributed by atoms with Crippen LogP contribution in [-0.2, 0) is 0 Å². The van der Waals surface area contributed by atoms with Crippen LogP contribution in [0.25, 0.3) is 0 Å². The van der Waals surface area contributed by atoms with Gasteiger partial charge in [0.2, 0.25) is 0 Å². The summed E-state index contributed by atoms with van der Waals surface area (Å²) < 4.78 is 0. The Hall–Kier alpha value is -0.640. The maximum Gasteiger partial charge on any atom is 0.0561 e. The third-order valence-corrected chi connectivity index (χ3v) is 6.22. The molecule has 0 aromatic heterocycles. The van der Waals surface area contributed by atoms with Crippen molar-refractivity contribution in [3.05, 3.63) is 24.3 Å². The molecule has 3 aliphatic rings. The second-order valence-electron chi connectivity index (χ2n) is 7.58. The number of hydrogen-bond donors (Lipinski definition) is 2. The lowest BCUT2D eigenvalue weighted by molar-refractivity contribution is 0.0905. The summed E-state index contributed by atoms with van der Waals surface area (Å²) in [6.45, 7) is 2.41. The van der Waals surface area contributed by atoms with E-state index in [0.29, 0.717) is 5.92 Å². The van der Waals surface area contributed by atoms with Gasteiger partial charge in [0.25, 0.3) is 0 Å². The van der Waals surface area contributed by atoms with Gasteiger partial charge in [0.15, 0.2) is 0 Å². The molecule has 1 heterocycles. The van der Waals surface area contributed by atoms with E-state index < -0.39 is 0 Å². The number of nitrogens with zero attached hydrogens (tertiary/aromatic N) is 1. The van der Waals surface area contributed by atoms with Crippen LogP contribution in [0.4, 0.5) is 0 Å². The highest BCUT2D eigenvalue weighted by Crippen LogP contribution is 2.33. The molecule has 1 saturated heterocycles. The number of likely N-dealkylation sites (tertiary alicyclic amines) is 1. The van der Waals surface area contributed by atoms with E-state index in [1.54, 1.807) is 0 Å². The molecular formula is C19H33N3. The minimum atomic E-state index is -0.332. The van der Waals surface area contributed by atoms with Crippen molar-refractivity contribution in [3.8, 4) is 0 Å². The van der Waals surface area contributed by atoms with E-state index in [-0.39, 0.29) is 11.6 Å². The normalized spacial score (nSPS) is 36.2. The summed E-state index contributed by atoms with van der Waals surface area (Å²) in [6, 6.07) is 0.792. The SMILES string of the molecule is NC1C=CC=CC1(N)C1CCN(C2CCCCCCC2)CC1. The molecular weight excluding hydrogens is 270 g/mol. The highest BCUT2D eigenvalue weighted by molar-refractivity contribution is 5.27. The van der Waals surface area contributed by atoms with Gasteiger partial charge in [-0.3, -0.25) is 0 Å². The summed E-state index contributed by atoms with van der Waals surface area (Å²) in [5.74, 6) is 0.522. The van der Waals surface area contributed by atoms with Gasteiger partial charge in [-0.2, -0.15) is 0 Å². The van der Waals surface area contributed by atoms with Gasteiger partial charge >= 0.3 is 0 Å². The van der Waals surface area contributed by atoms with E-state index in [9.17, 15) is 0 Å². The zero-order valence-electron chi connectivity index (χ0n) is 13.9. The lowest BCUT2D eigenvalue weighted by Gasteiger charge is -2.46. The van der Waals surface area contributed by atoms with Crippen LogP contribution in [0.2, 0.25) is 0 Å². The molecule has 3 rings (SSSR count). The van der Waals surface area contributed by atoms with E-state index in [4.69, 9.17) is 11.5 Å². The number of piperidine rings is 1. The van der Waals surface area contributed by atoms with Gasteiger partial charge in [0.05, 0.1) is 5.54 Å². The second kappa shape index (κ2) is 7.29. The molecule has 0 spiro atoms. The number of allylic oxidation sites excluding steroid dienone is 2. The molecule has 3 nitrogen and oxygen atoms in total. The average Bonchev–Trinajstić information content (AvgIpc) is 2.50. The Bertz CT molecular complexity index is 401. The van der Waals surface area contributed by atoms with Crippen LogP contribution in [0.5, 0.6) is 0 Å². The highest BCUT2D eigenvalue weighted by atomic mass is 15.2. The number of hydrogen-bond acceptors (Lipinski definition) is 3. The maximum atomic E-state index is 6.67. The first-order valence-corrected chi connectivity index (χ1v) is 9.35. The van der Waals surface area contributed by atoms with Crippen LogP contribution in [0.3, 0.4) is 0 Å². The molecule has 1 saturated carbocycles. The summed E-state index contributed by atoms with van der Waals surface area (Å²) >= 11 is 0. The Labute approximate surface area is 135 Å². The molecule has 1 aliphatic heterocycles. The molecule has 124 valence electrons. The van der Waals surface area contributed by atoms with Gasteiger partial charge in [0, 0.05) is 12.1 Å². The van der Waals surface area contributed by atoms with Crippen molar-refractivity contribution in [1.82, 2.24) is 4.90 Å². The second-order valence-corrected chi connectivity index (χ2v) is 7.58. The molecule has 0 bridgehead atoms. The third kappa shape index (κ3) is 3.47. The fourth-order valence-electron chi connectivity index (χ4n) is 4.66. The minimum absolute atomic E-state index is 0.0320. The van der Waals surface area contributed by atoms with Crippen molar-refractivity contribution in [2.45, 2.75) is 75.4 Å². The van der Waals surface area contributed by atoms with Crippen LogP contribution >= 0.6 is 0 Å². The molecule has 2 aliphatic carbocycles. The molecule has 0 amide bonds. The predicted octanol–water partition coefficient (Wildman–Crippen LogP) is 2.96. The number of nitrogens with two attached hydrogens (primary N) is 2. The Morgan fingerprint density at radius 3 is 2.14 bits per heavy atom. The largest absolute Gasteiger partial charge is 0.323 e. The van der Waals surface area contributed by atoms with E-state index in [1.807, 2.05) is 6.08 Å². The average molecular weight is 303 g/mol. The van der Waals surface area contributed by atoms with E-state index >= 15 is 0 Å². The van der Waals surface area contributed by atoms with Crippen LogP contribution in [0, 0.1) is 5.92 Å². The molecule has 0 aromatic rings. The van der Waals surface area contributed by atoms with E-state index in [1.165, 1.54) is 70.9 Å². The first-order chi connectivity index (χ1) is 10.7. The highest BCUT2D eigenvalue weighted by Gasteiger charge is 2.40. The molecule has 22 heavy (non-hydrogen) atoms. The van der Waals surface area contributed by atoms with Crippen molar-refractivity contribution >= 4 is 0 Å². The van der Waals surface area contributed by atoms with E-state index in [2.05, 4.69) is 23.1 Å².